The summed E-state index contributed by atoms with van der Waals surface area (Å²) in [6.07, 6.45) is 0.175. The maximum absolute atomic E-state index is 5.83. The summed E-state index contributed by atoms with van der Waals surface area (Å²) in [5.74, 6) is 0.924. The molecule has 2 rings (SSSR count). The van der Waals surface area contributed by atoms with E-state index >= 15 is 0 Å². The van der Waals surface area contributed by atoms with Crippen molar-refractivity contribution in [3.63, 3.8) is 0 Å². The minimum absolute atomic E-state index is 0.175. The number of hydrogen-bond donors (Lipinski definition) is 1. The molecule has 0 atom stereocenters. The highest BCUT2D eigenvalue weighted by atomic mass is 16.5. The molecule has 0 saturated carbocycles. The molecule has 0 unspecified atom stereocenters. The van der Waals surface area contributed by atoms with E-state index in [4.69, 9.17) is 10.5 Å². The molecular formula is C16H19NO. The molecule has 0 aliphatic heterocycles. The average molecular weight is 241 g/mol. The Morgan fingerprint density at radius 1 is 1.00 bits per heavy atom. The van der Waals surface area contributed by atoms with Crippen LogP contribution in [0.4, 0.5) is 0 Å². The predicted molar refractivity (Wildman–Crippen MR) is 75.5 cm³/mol. The van der Waals surface area contributed by atoms with Crippen LogP contribution >= 0.6 is 0 Å². The highest BCUT2D eigenvalue weighted by Crippen LogP contribution is 2.30. The molecule has 2 aromatic carbocycles. The number of hydrogen-bond acceptors (Lipinski definition) is 2. The maximum Gasteiger partial charge on any atom is 0.127 e. The van der Waals surface area contributed by atoms with Gasteiger partial charge in [-0.1, -0.05) is 42.5 Å². The summed E-state index contributed by atoms with van der Waals surface area (Å²) in [6.45, 7) is 4.65. The van der Waals surface area contributed by atoms with Crippen molar-refractivity contribution in [2.24, 2.45) is 5.73 Å². The van der Waals surface area contributed by atoms with E-state index in [1.165, 1.54) is 0 Å². The van der Waals surface area contributed by atoms with Crippen LogP contribution in [0, 0.1) is 0 Å². The number of para-hydroxylation sites is 1. The SMILES string of the molecule is CC(C)Oc1ccccc1-c1ccc(CN)cc1. The number of benzene rings is 2. The van der Waals surface area contributed by atoms with Crippen molar-refractivity contribution in [2.75, 3.05) is 0 Å². The summed E-state index contributed by atoms with van der Waals surface area (Å²) in [7, 11) is 0. The summed E-state index contributed by atoms with van der Waals surface area (Å²) in [6, 6.07) is 16.4. The molecule has 18 heavy (non-hydrogen) atoms. The zero-order chi connectivity index (χ0) is 13.0. The third-order valence-electron chi connectivity index (χ3n) is 2.75. The monoisotopic (exact) mass is 241 g/mol. The van der Waals surface area contributed by atoms with Gasteiger partial charge in [-0.3, -0.25) is 0 Å². The molecule has 0 aromatic heterocycles. The second-order valence-electron chi connectivity index (χ2n) is 4.56. The van der Waals surface area contributed by atoms with Crippen LogP contribution in [-0.2, 0) is 6.54 Å². The molecule has 0 fully saturated rings. The van der Waals surface area contributed by atoms with Gasteiger partial charge in [0.15, 0.2) is 0 Å². The topological polar surface area (TPSA) is 35.2 Å². The Labute approximate surface area is 108 Å². The van der Waals surface area contributed by atoms with Gasteiger partial charge in [0.05, 0.1) is 6.10 Å². The Hall–Kier alpha value is -1.80. The Bertz CT molecular complexity index is 503. The van der Waals surface area contributed by atoms with Crippen LogP contribution in [0.3, 0.4) is 0 Å². The van der Waals surface area contributed by atoms with Gasteiger partial charge in [0.1, 0.15) is 5.75 Å². The summed E-state index contributed by atoms with van der Waals surface area (Å²) in [4.78, 5) is 0. The van der Waals surface area contributed by atoms with E-state index in [0.29, 0.717) is 6.54 Å². The smallest absolute Gasteiger partial charge is 0.127 e. The molecule has 2 nitrogen and oxygen atoms in total. The van der Waals surface area contributed by atoms with Gasteiger partial charge in [-0.25, -0.2) is 0 Å². The molecule has 2 heteroatoms. The molecular weight excluding hydrogens is 222 g/mol. The lowest BCUT2D eigenvalue weighted by molar-refractivity contribution is 0.243. The first-order valence-electron chi connectivity index (χ1n) is 6.26. The van der Waals surface area contributed by atoms with Crippen LogP contribution in [0.15, 0.2) is 48.5 Å². The standard InChI is InChI=1S/C16H19NO/c1-12(2)18-16-6-4-3-5-15(16)14-9-7-13(11-17)8-10-14/h3-10,12H,11,17H2,1-2H3. The second kappa shape index (κ2) is 5.69. The van der Waals surface area contributed by atoms with E-state index < -0.39 is 0 Å². The van der Waals surface area contributed by atoms with Gasteiger partial charge >= 0.3 is 0 Å². The van der Waals surface area contributed by atoms with Crippen LogP contribution in [0.1, 0.15) is 19.4 Å². The van der Waals surface area contributed by atoms with Crippen molar-refractivity contribution in [1.29, 1.82) is 0 Å². The van der Waals surface area contributed by atoms with Crippen LogP contribution in [0.5, 0.6) is 5.75 Å². The van der Waals surface area contributed by atoms with Gasteiger partial charge in [0.25, 0.3) is 0 Å². The van der Waals surface area contributed by atoms with E-state index in [1.807, 2.05) is 32.0 Å². The third-order valence-corrected chi connectivity index (χ3v) is 2.75. The van der Waals surface area contributed by atoms with Crippen molar-refractivity contribution in [3.8, 4) is 16.9 Å². The van der Waals surface area contributed by atoms with Crippen LogP contribution in [-0.4, -0.2) is 6.10 Å². The highest BCUT2D eigenvalue weighted by molar-refractivity contribution is 5.70. The van der Waals surface area contributed by atoms with Crippen molar-refractivity contribution >= 4 is 0 Å². The van der Waals surface area contributed by atoms with Gasteiger partial charge in [-0.05, 0) is 31.0 Å². The van der Waals surface area contributed by atoms with Crippen LogP contribution in [0.25, 0.3) is 11.1 Å². The molecule has 2 aromatic rings. The van der Waals surface area contributed by atoms with E-state index in [0.717, 1.165) is 22.4 Å². The van der Waals surface area contributed by atoms with Gasteiger partial charge < -0.3 is 10.5 Å². The first kappa shape index (κ1) is 12.7. The van der Waals surface area contributed by atoms with E-state index in [9.17, 15) is 0 Å². The molecule has 0 spiro atoms. The van der Waals surface area contributed by atoms with Crippen molar-refractivity contribution in [1.82, 2.24) is 0 Å². The summed E-state index contributed by atoms with van der Waals surface area (Å²) < 4.78 is 5.83. The lowest BCUT2D eigenvalue weighted by atomic mass is 10.0. The van der Waals surface area contributed by atoms with Gasteiger partial charge in [-0.15, -0.1) is 0 Å². The fraction of sp³-hybridized carbons (Fsp3) is 0.250. The molecule has 0 heterocycles. The van der Waals surface area contributed by atoms with Crippen molar-refractivity contribution in [2.45, 2.75) is 26.5 Å². The fourth-order valence-corrected chi connectivity index (χ4v) is 1.88. The lowest BCUT2D eigenvalue weighted by Gasteiger charge is -2.14. The third kappa shape index (κ3) is 2.90. The summed E-state index contributed by atoms with van der Waals surface area (Å²) in [5.41, 5.74) is 9.03. The van der Waals surface area contributed by atoms with E-state index in [2.05, 4.69) is 30.3 Å². The Morgan fingerprint density at radius 3 is 2.28 bits per heavy atom. The largest absolute Gasteiger partial charge is 0.490 e. The molecule has 94 valence electrons. The Balaban J connectivity index is 2.36. The normalized spacial score (nSPS) is 10.7. The molecule has 0 amide bonds. The van der Waals surface area contributed by atoms with E-state index in [1.54, 1.807) is 0 Å². The van der Waals surface area contributed by atoms with Crippen LogP contribution in [0.2, 0.25) is 0 Å². The van der Waals surface area contributed by atoms with Gasteiger partial charge in [0, 0.05) is 12.1 Å². The minimum Gasteiger partial charge on any atom is -0.490 e. The quantitative estimate of drug-likeness (QED) is 0.887. The van der Waals surface area contributed by atoms with Gasteiger partial charge in [0.2, 0.25) is 0 Å². The minimum atomic E-state index is 0.175. The molecule has 0 radical (unpaired) electrons. The number of ether oxygens (including phenoxy) is 1. The summed E-state index contributed by atoms with van der Waals surface area (Å²) in [5, 5.41) is 0. The van der Waals surface area contributed by atoms with Gasteiger partial charge in [-0.2, -0.15) is 0 Å². The summed E-state index contributed by atoms with van der Waals surface area (Å²) >= 11 is 0. The first-order chi connectivity index (χ1) is 8.70. The van der Waals surface area contributed by atoms with Crippen molar-refractivity contribution < 1.29 is 4.74 Å². The predicted octanol–water partition coefficient (Wildman–Crippen LogP) is 3.60. The van der Waals surface area contributed by atoms with E-state index in [-0.39, 0.29) is 6.10 Å². The first-order valence-corrected chi connectivity index (χ1v) is 6.26. The Kier molecular flexibility index (Phi) is 4.00. The molecule has 2 N–H and O–H groups in total. The van der Waals surface area contributed by atoms with Crippen LogP contribution < -0.4 is 10.5 Å². The number of nitrogens with two attached hydrogens (primary N) is 1. The molecule has 0 bridgehead atoms. The zero-order valence-corrected chi connectivity index (χ0v) is 10.9. The second-order valence-corrected chi connectivity index (χ2v) is 4.56. The van der Waals surface area contributed by atoms with Crippen molar-refractivity contribution in [3.05, 3.63) is 54.1 Å². The number of rotatable bonds is 4. The molecule has 0 saturated heterocycles. The molecule has 0 aliphatic rings. The maximum atomic E-state index is 5.83. The fourth-order valence-electron chi connectivity index (χ4n) is 1.88. The average Bonchev–Trinajstić information content (AvgIpc) is 2.39. The lowest BCUT2D eigenvalue weighted by Crippen LogP contribution is -2.06. The highest BCUT2D eigenvalue weighted by Gasteiger charge is 2.06. The zero-order valence-electron chi connectivity index (χ0n) is 10.9. The molecule has 0 aliphatic carbocycles. The Morgan fingerprint density at radius 2 is 1.67 bits per heavy atom.